The van der Waals surface area contributed by atoms with Crippen molar-refractivity contribution in [2.45, 2.75) is 37.8 Å². The first-order valence-electron chi connectivity index (χ1n) is 5.24. The number of rotatable bonds is 3. The molecule has 0 spiro atoms. The topological polar surface area (TPSA) is 21.8 Å². The second kappa shape index (κ2) is 3.37. The molecule has 0 bridgehead atoms. The zero-order valence-electron chi connectivity index (χ0n) is 8.06. The first-order chi connectivity index (χ1) is 6.93. The Hall–Kier alpha value is -0.860. The predicted octanol–water partition coefficient (Wildman–Crippen LogP) is 2.13. The van der Waals surface area contributed by atoms with Crippen LogP contribution in [0.1, 0.15) is 18.4 Å². The monoisotopic (exact) mass is 190 g/mol. The molecular weight excluding hydrogens is 176 g/mol. The molecule has 1 saturated carbocycles. The van der Waals surface area contributed by atoms with Gasteiger partial charge in [0.1, 0.15) is 6.10 Å². The van der Waals surface area contributed by atoms with Crippen molar-refractivity contribution in [2.75, 3.05) is 0 Å². The van der Waals surface area contributed by atoms with E-state index in [0.29, 0.717) is 18.3 Å². The number of ether oxygens (including phenoxy) is 2. The summed E-state index contributed by atoms with van der Waals surface area (Å²) in [7, 11) is 0. The van der Waals surface area contributed by atoms with Crippen LogP contribution in [0.15, 0.2) is 30.3 Å². The van der Waals surface area contributed by atoms with Crippen LogP contribution >= 0.6 is 0 Å². The molecular formula is C12H14O2. The molecule has 1 aromatic carbocycles. The zero-order valence-corrected chi connectivity index (χ0v) is 8.06. The van der Waals surface area contributed by atoms with Gasteiger partial charge >= 0.3 is 0 Å². The summed E-state index contributed by atoms with van der Waals surface area (Å²) in [4.78, 5) is 0. The Balaban J connectivity index is 1.54. The fourth-order valence-electron chi connectivity index (χ4n) is 2.16. The summed E-state index contributed by atoms with van der Waals surface area (Å²) in [5, 5.41) is 0. The van der Waals surface area contributed by atoms with Gasteiger partial charge in [-0.05, 0) is 18.4 Å². The summed E-state index contributed by atoms with van der Waals surface area (Å²) in [5.41, 5.74) is 1.25. The zero-order chi connectivity index (χ0) is 9.38. The summed E-state index contributed by atoms with van der Waals surface area (Å²) in [5.74, 6) is 0. The van der Waals surface area contributed by atoms with Crippen molar-refractivity contribution in [3.05, 3.63) is 35.9 Å². The van der Waals surface area contributed by atoms with E-state index in [4.69, 9.17) is 9.47 Å². The highest BCUT2D eigenvalue weighted by Crippen LogP contribution is 2.40. The minimum absolute atomic E-state index is 0.347. The van der Waals surface area contributed by atoms with Crippen LogP contribution in [0, 0.1) is 0 Å². The Morgan fingerprint density at radius 2 is 2.07 bits per heavy atom. The van der Waals surface area contributed by atoms with E-state index in [1.54, 1.807) is 0 Å². The van der Waals surface area contributed by atoms with Crippen molar-refractivity contribution >= 4 is 0 Å². The minimum Gasteiger partial charge on any atom is -0.371 e. The first kappa shape index (κ1) is 8.45. The maximum atomic E-state index is 5.82. The van der Waals surface area contributed by atoms with E-state index in [9.17, 15) is 0 Å². The molecule has 14 heavy (non-hydrogen) atoms. The van der Waals surface area contributed by atoms with Gasteiger partial charge in [-0.25, -0.2) is 0 Å². The normalized spacial score (nSPS) is 34.1. The highest BCUT2D eigenvalue weighted by atomic mass is 16.6. The third-order valence-electron chi connectivity index (χ3n) is 3.03. The standard InChI is InChI=1S/C12H14O2/c1-2-4-9(5-3-1)8-13-10-6-7-11-12(10)14-11/h1-5,10-12H,6-8H2/t10?,11-,12-/m1/s1. The van der Waals surface area contributed by atoms with Crippen LogP contribution < -0.4 is 0 Å². The molecule has 1 saturated heterocycles. The Morgan fingerprint density at radius 3 is 2.71 bits per heavy atom. The fourth-order valence-corrected chi connectivity index (χ4v) is 2.16. The molecule has 3 rings (SSSR count). The molecule has 2 nitrogen and oxygen atoms in total. The van der Waals surface area contributed by atoms with Crippen molar-refractivity contribution in [1.29, 1.82) is 0 Å². The van der Waals surface area contributed by atoms with E-state index in [2.05, 4.69) is 12.1 Å². The quantitative estimate of drug-likeness (QED) is 0.681. The maximum absolute atomic E-state index is 5.82. The van der Waals surface area contributed by atoms with Crippen molar-refractivity contribution in [3.8, 4) is 0 Å². The number of epoxide rings is 1. The van der Waals surface area contributed by atoms with E-state index in [1.165, 1.54) is 18.4 Å². The second-order valence-corrected chi connectivity index (χ2v) is 4.05. The van der Waals surface area contributed by atoms with Crippen LogP contribution in [0.25, 0.3) is 0 Å². The van der Waals surface area contributed by atoms with Crippen LogP contribution in [0.5, 0.6) is 0 Å². The maximum Gasteiger partial charge on any atom is 0.110 e. The molecule has 0 radical (unpaired) electrons. The largest absolute Gasteiger partial charge is 0.371 e. The molecule has 3 atom stereocenters. The second-order valence-electron chi connectivity index (χ2n) is 4.05. The average Bonchev–Trinajstić information content (AvgIpc) is 2.92. The van der Waals surface area contributed by atoms with Crippen LogP contribution in [0.2, 0.25) is 0 Å². The molecule has 0 aromatic heterocycles. The highest BCUT2D eigenvalue weighted by molar-refractivity contribution is 5.13. The highest BCUT2D eigenvalue weighted by Gasteiger charge is 2.50. The summed E-state index contributed by atoms with van der Waals surface area (Å²) >= 11 is 0. The number of hydrogen-bond donors (Lipinski definition) is 0. The molecule has 1 aromatic rings. The van der Waals surface area contributed by atoms with Gasteiger partial charge in [0, 0.05) is 0 Å². The predicted molar refractivity (Wildman–Crippen MR) is 52.9 cm³/mol. The number of benzene rings is 1. The SMILES string of the molecule is c1ccc(COC2CC[C@H]3O[C@H]23)cc1. The Morgan fingerprint density at radius 1 is 1.21 bits per heavy atom. The lowest BCUT2D eigenvalue weighted by molar-refractivity contribution is 0.0160. The van der Waals surface area contributed by atoms with Gasteiger partial charge in [-0.3, -0.25) is 0 Å². The molecule has 2 fully saturated rings. The van der Waals surface area contributed by atoms with E-state index in [1.807, 2.05) is 18.2 Å². The molecule has 0 amide bonds. The van der Waals surface area contributed by atoms with Gasteiger partial charge in [0.2, 0.25) is 0 Å². The Kier molecular flexibility index (Phi) is 2.03. The Bertz CT molecular complexity index is 309. The average molecular weight is 190 g/mol. The molecule has 1 unspecified atom stereocenters. The lowest BCUT2D eigenvalue weighted by Crippen LogP contribution is -2.15. The summed E-state index contributed by atoms with van der Waals surface area (Å²) in [6.45, 7) is 0.720. The van der Waals surface area contributed by atoms with Crippen molar-refractivity contribution in [1.82, 2.24) is 0 Å². The lowest BCUT2D eigenvalue weighted by atomic mass is 10.2. The van der Waals surface area contributed by atoms with Crippen LogP contribution in [0.4, 0.5) is 0 Å². The molecule has 1 aliphatic heterocycles. The van der Waals surface area contributed by atoms with E-state index in [-0.39, 0.29) is 0 Å². The van der Waals surface area contributed by atoms with E-state index >= 15 is 0 Å². The Labute approximate surface area is 83.8 Å². The summed E-state index contributed by atoms with van der Waals surface area (Å²) in [6, 6.07) is 10.3. The summed E-state index contributed by atoms with van der Waals surface area (Å²) in [6.07, 6.45) is 3.64. The van der Waals surface area contributed by atoms with Crippen molar-refractivity contribution in [2.24, 2.45) is 0 Å². The minimum atomic E-state index is 0.347. The van der Waals surface area contributed by atoms with Gasteiger partial charge in [0.15, 0.2) is 0 Å². The third kappa shape index (κ3) is 1.56. The van der Waals surface area contributed by atoms with Crippen LogP contribution in [-0.4, -0.2) is 18.3 Å². The molecule has 74 valence electrons. The van der Waals surface area contributed by atoms with Gasteiger partial charge in [0.25, 0.3) is 0 Å². The first-order valence-corrected chi connectivity index (χ1v) is 5.24. The molecule has 1 aliphatic carbocycles. The van der Waals surface area contributed by atoms with Gasteiger partial charge < -0.3 is 9.47 Å². The van der Waals surface area contributed by atoms with E-state index in [0.717, 1.165) is 6.61 Å². The number of fused-ring (bicyclic) bond motifs is 1. The molecule has 2 heteroatoms. The fraction of sp³-hybridized carbons (Fsp3) is 0.500. The van der Waals surface area contributed by atoms with Gasteiger partial charge in [0.05, 0.1) is 18.8 Å². The molecule has 1 heterocycles. The molecule has 2 aliphatic rings. The lowest BCUT2D eigenvalue weighted by Gasteiger charge is -2.11. The van der Waals surface area contributed by atoms with Crippen LogP contribution in [0.3, 0.4) is 0 Å². The van der Waals surface area contributed by atoms with Gasteiger partial charge in [-0.1, -0.05) is 30.3 Å². The van der Waals surface area contributed by atoms with Crippen molar-refractivity contribution in [3.63, 3.8) is 0 Å². The van der Waals surface area contributed by atoms with Gasteiger partial charge in [-0.2, -0.15) is 0 Å². The third-order valence-corrected chi connectivity index (χ3v) is 3.03. The van der Waals surface area contributed by atoms with Crippen molar-refractivity contribution < 1.29 is 9.47 Å². The van der Waals surface area contributed by atoms with Crippen LogP contribution in [-0.2, 0) is 16.1 Å². The van der Waals surface area contributed by atoms with E-state index < -0.39 is 0 Å². The molecule has 0 N–H and O–H groups in total. The number of hydrogen-bond acceptors (Lipinski definition) is 2. The summed E-state index contributed by atoms with van der Waals surface area (Å²) < 4.78 is 11.2. The smallest absolute Gasteiger partial charge is 0.110 e. The van der Waals surface area contributed by atoms with Gasteiger partial charge in [-0.15, -0.1) is 0 Å².